The van der Waals surface area contributed by atoms with E-state index in [-0.39, 0.29) is 11.6 Å². The summed E-state index contributed by atoms with van der Waals surface area (Å²) in [6.45, 7) is 13.4. The Morgan fingerprint density at radius 1 is 0.889 bits per heavy atom. The van der Waals surface area contributed by atoms with E-state index >= 15 is 0 Å². The zero-order valence-electron chi connectivity index (χ0n) is 21.9. The topological polar surface area (TPSA) is 27.5 Å². The lowest BCUT2D eigenvalue weighted by Gasteiger charge is -2.36. The van der Waals surface area contributed by atoms with E-state index in [2.05, 4.69) is 35.5 Å². The van der Waals surface area contributed by atoms with Crippen molar-refractivity contribution in [1.29, 1.82) is 0 Å². The lowest BCUT2D eigenvalue weighted by molar-refractivity contribution is 0.251. The SMILES string of the molecule is CCCc1nn(-c2cccc(F)c2)c(N2CCN(CC)CC2)c1CN(CCC)Cc1ccccc1F. The predicted octanol–water partition coefficient (Wildman–Crippen LogP) is 5.66. The molecule has 36 heavy (non-hydrogen) atoms. The molecule has 1 saturated heterocycles. The van der Waals surface area contributed by atoms with E-state index < -0.39 is 0 Å². The first kappa shape index (κ1) is 26.3. The predicted molar refractivity (Wildman–Crippen MR) is 143 cm³/mol. The Bertz CT molecular complexity index is 1120. The fourth-order valence-electron chi connectivity index (χ4n) is 5.09. The lowest BCUT2D eigenvalue weighted by Crippen LogP contribution is -2.47. The molecule has 1 aromatic heterocycles. The third-order valence-corrected chi connectivity index (χ3v) is 6.97. The number of aryl methyl sites for hydroxylation is 1. The number of hydrogen-bond donors (Lipinski definition) is 0. The standard InChI is InChI=1S/C29H39F2N5/c1-4-10-28-26(22-34(15-5-2)21-23-11-7-8-14-27(23)31)29(35-18-16-33(6-3)17-19-35)36(32-28)25-13-9-12-24(30)20-25/h7-9,11-14,20H,4-6,10,15-19,21-22H2,1-3H3. The molecule has 0 bridgehead atoms. The number of halogens is 2. The molecule has 1 fully saturated rings. The van der Waals surface area contributed by atoms with E-state index in [4.69, 9.17) is 5.10 Å². The van der Waals surface area contributed by atoms with Crippen LogP contribution in [-0.4, -0.2) is 58.8 Å². The molecular weight excluding hydrogens is 456 g/mol. The van der Waals surface area contributed by atoms with Crippen LogP contribution in [0.3, 0.4) is 0 Å². The van der Waals surface area contributed by atoms with Crippen molar-refractivity contribution in [2.45, 2.75) is 53.1 Å². The van der Waals surface area contributed by atoms with Crippen LogP contribution in [0.4, 0.5) is 14.6 Å². The lowest BCUT2D eigenvalue weighted by atomic mass is 10.1. The van der Waals surface area contributed by atoms with Gasteiger partial charge in [-0.1, -0.05) is 51.5 Å². The van der Waals surface area contributed by atoms with Gasteiger partial charge in [0.2, 0.25) is 0 Å². The van der Waals surface area contributed by atoms with Gasteiger partial charge in [0.05, 0.1) is 11.4 Å². The second-order valence-electron chi connectivity index (χ2n) is 9.61. The first-order chi connectivity index (χ1) is 17.5. The van der Waals surface area contributed by atoms with Crippen molar-refractivity contribution in [3.63, 3.8) is 0 Å². The molecule has 1 aliphatic heterocycles. The molecule has 3 aromatic rings. The third kappa shape index (κ3) is 6.13. The Kier molecular flexibility index (Phi) is 9.10. The molecule has 194 valence electrons. The Morgan fingerprint density at radius 3 is 2.33 bits per heavy atom. The molecule has 0 saturated carbocycles. The van der Waals surface area contributed by atoms with Crippen molar-refractivity contribution in [3.8, 4) is 5.69 Å². The number of aromatic nitrogens is 2. The molecule has 0 amide bonds. The van der Waals surface area contributed by atoms with Gasteiger partial charge in [-0.3, -0.25) is 4.90 Å². The van der Waals surface area contributed by atoms with Crippen molar-refractivity contribution in [1.82, 2.24) is 19.6 Å². The maximum atomic E-state index is 14.5. The normalized spacial score (nSPS) is 14.7. The largest absolute Gasteiger partial charge is 0.354 e. The van der Waals surface area contributed by atoms with E-state index in [0.29, 0.717) is 18.7 Å². The minimum atomic E-state index is -0.268. The molecule has 2 aromatic carbocycles. The minimum absolute atomic E-state index is 0.168. The first-order valence-corrected chi connectivity index (χ1v) is 13.3. The molecule has 0 spiro atoms. The van der Waals surface area contributed by atoms with Crippen molar-refractivity contribution >= 4 is 5.82 Å². The van der Waals surface area contributed by atoms with Crippen LogP contribution in [0.1, 0.15) is 50.4 Å². The molecular formula is C29H39F2N5. The Balaban J connectivity index is 1.76. The first-order valence-electron chi connectivity index (χ1n) is 13.3. The van der Waals surface area contributed by atoms with Crippen LogP contribution in [-0.2, 0) is 19.5 Å². The maximum absolute atomic E-state index is 14.5. The summed E-state index contributed by atoms with van der Waals surface area (Å²) >= 11 is 0. The van der Waals surface area contributed by atoms with E-state index in [9.17, 15) is 8.78 Å². The average molecular weight is 496 g/mol. The van der Waals surface area contributed by atoms with Crippen LogP contribution < -0.4 is 4.90 Å². The molecule has 0 atom stereocenters. The maximum Gasteiger partial charge on any atom is 0.137 e. The second-order valence-corrected chi connectivity index (χ2v) is 9.61. The summed E-state index contributed by atoms with van der Waals surface area (Å²) in [5, 5.41) is 5.06. The number of anilines is 1. The average Bonchev–Trinajstić information content (AvgIpc) is 3.23. The van der Waals surface area contributed by atoms with Crippen LogP contribution in [0, 0.1) is 11.6 Å². The van der Waals surface area contributed by atoms with Gasteiger partial charge in [-0.25, -0.2) is 13.5 Å². The number of piperazine rings is 1. The van der Waals surface area contributed by atoms with E-state index in [0.717, 1.165) is 75.7 Å². The van der Waals surface area contributed by atoms with Crippen molar-refractivity contribution in [2.75, 3.05) is 44.2 Å². The van der Waals surface area contributed by atoms with Crippen LogP contribution in [0.2, 0.25) is 0 Å². The second kappa shape index (κ2) is 12.5. The Morgan fingerprint density at radius 2 is 1.67 bits per heavy atom. The van der Waals surface area contributed by atoms with Crippen LogP contribution in [0.25, 0.3) is 5.69 Å². The van der Waals surface area contributed by atoms with Crippen molar-refractivity contribution in [2.24, 2.45) is 0 Å². The van der Waals surface area contributed by atoms with Gasteiger partial charge in [0.15, 0.2) is 0 Å². The van der Waals surface area contributed by atoms with Gasteiger partial charge >= 0.3 is 0 Å². The van der Waals surface area contributed by atoms with Crippen LogP contribution >= 0.6 is 0 Å². The molecule has 0 aliphatic carbocycles. The van der Waals surface area contributed by atoms with Gasteiger partial charge in [0.1, 0.15) is 17.5 Å². The highest BCUT2D eigenvalue weighted by Gasteiger charge is 2.27. The molecule has 7 heteroatoms. The van der Waals surface area contributed by atoms with Gasteiger partial charge in [-0.15, -0.1) is 0 Å². The number of rotatable bonds is 11. The summed E-state index contributed by atoms with van der Waals surface area (Å²) in [4.78, 5) is 7.18. The summed E-state index contributed by atoms with van der Waals surface area (Å²) in [5.74, 6) is 0.615. The fourth-order valence-corrected chi connectivity index (χ4v) is 5.09. The summed E-state index contributed by atoms with van der Waals surface area (Å²) < 4.78 is 30.7. The highest BCUT2D eigenvalue weighted by Crippen LogP contribution is 2.31. The molecule has 0 radical (unpaired) electrons. The third-order valence-electron chi connectivity index (χ3n) is 6.97. The van der Waals surface area contributed by atoms with Gasteiger partial charge < -0.3 is 9.80 Å². The summed E-state index contributed by atoms with van der Waals surface area (Å²) in [5.41, 5.74) is 3.67. The molecule has 0 unspecified atom stereocenters. The Hall–Kier alpha value is -2.77. The van der Waals surface area contributed by atoms with E-state index in [1.165, 1.54) is 17.7 Å². The smallest absolute Gasteiger partial charge is 0.137 e. The van der Waals surface area contributed by atoms with E-state index in [1.807, 2.05) is 22.9 Å². The quantitative estimate of drug-likeness (QED) is 0.343. The highest BCUT2D eigenvalue weighted by molar-refractivity contribution is 5.56. The number of hydrogen-bond acceptors (Lipinski definition) is 4. The molecule has 5 nitrogen and oxygen atoms in total. The zero-order valence-corrected chi connectivity index (χ0v) is 21.9. The molecule has 0 N–H and O–H groups in total. The number of likely N-dealkylation sites (N-methyl/N-ethyl adjacent to an activating group) is 1. The molecule has 4 rings (SSSR count). The van der Waals surface area contributed by atoms with Crippen LogP contribution in [0.15, 0.2) is 48.5 Å². The number of benzene rings is 2. The van der Waals surface area contributed by atoms with Crippen molar-refractivity contribution < 1.29 is 8.78 Å². The zero-order chi connectivity index (χ0) is 25.5. The Labute approximate surface area is 214 Å². The molecule has 1 aliphatic rings. The highest BCUT2D eigenvalue weighted by atomic mass is 19.1. The van der Waals surface area contributed by atoms with Gasteiger partial charge in [-0.2, -0.15) is 5.10 Å². The minimum Gasteiger partial charge on any atom is -0.354 e. The van der Waals surface area contributed by atoms with Gasteiger partial charge in [-0.05, 0) is 50.2 Å². The summed E-state index contributed by atoms with van der Waals surface area (Å²) in [6.07, 6.45) is 2.79. The van der Waals surface area contributed by atoms with Crippen molar-refractivity contribution in [3.05, 3.63) is 77.0 Å². The number of nitrogens with zero attached hydrogens (tertiary/aromatic N) is 5. The fraction of sp³-hybridized carbons (Fsp3) is 0.483. The monoisotopic (exact) mass is 495 g/mol. The molecule has 2 heterocycles. The summed E-state index contributed by atoms with van der Waals surface area (Å²) in [6, 6.07) is 13.7. The van der Waals surface area contributed by atoms with Gasteiger partial charge in [0.25, 0.3) is 0 Å². The van der Waals surface area contributed by atoms with Gasteiger partial charge in [0, 0.05) is 50.4 Å². The summed E-state index contributed by atoms with van der Waals surface area (Å²) in [7, 11) is 0. The van der Waals surface area contributed by atoms with Crippen LogP contribution in [0.5, 0.6) is 0 Å². The van der Waals surface area contributed by atoms with E-state index in [1.54, 1.807) is 18.2 Å².